The Morgan fingerprint density at radius 2 is 1.96 bits per heavy atom. The number of ether oxygens (including phenoxy) is 1. The average molecular weight is 369 g/mol. The second kappa shape index (κ2) is 8.05. The lowest BCUT2D eigenvalue weighted by Crippen LogP contribution is -2.00. The molecule has 0 saturated carbocycles. The molecule has 0 unspecified atom stereocenters. The van der Waals surface area contributed by atoms with Crippen molar-refractivity contribution in [2.24, 2.45) is 0 Å². The first-order valence-corrected chi connectivity index (χ1v) is 9.13. The molecule has 6 nitrogen and oxygen atoms in total. The van der Waals surface area contributed by atoms with E-state index in [1.807, 2.05) is 36.4 Å². The number of carboxylic acids is 1. The molecule has 0 amide bonds. The Labute approximate surface area is 155 Å². The summed E-state index contributed by atoms with van der Waals surface area (Å²) >= 11 is 1.58. The highest BCUT2D eigenvalue weighted by Gasteiger charge is 2.14. The van der Waals surface area contributed by atoms with E-state index in [4.69, 9.17) is 9.84 Å². The molecular weight excluding hydrogens is 350 g/mol. The first-order valence-electron chi connectivity index (χ1n) is 8.15. The van der Waals surface area contributed by atoms with E-state index in [1.54, 1.807) is 31.0 Å². The number of nitrogens with zero attached hydrogens (tertiary/aromatic N) is 3. The van der Waals surface area contributed by atoms with E-state index >= 15 is 0 Å². The molecule has 0 fully saturated rings. The maximum Gasteiger partial charge on any atom is 0.335 e. The highest BCUT2D eigenvalue weighted by atomic mass is 32.2. The van der Waals surface area contributed by atoms with Crippen LogP contribution in [-0.4, -0.2) is 33.0 Å². The van der Waals surface area contributed by atoms with Gasteiger partial charge in [-0.25, -0.2) is 4.79 Å². The van der Waals surface area contributed by atoms with Gasteiger partial charge in [-0.05, 0) is 36.8 Å². The fourth-order valence-electron chi connectivity index (χ4n) is 2.55. The van der Waals surface area contributed by atoms with Gasteiger partial charge in [0.1, 0.15) is 5.75 Å². The van der Waals surface area contributed by atoms with Crippen LogP contribution in [0.5, 0.6) is 5.75 Å². The van der Waals surface area contributed by atoms with E-state index in [-0.39, 0.29) is 5.56 Å². The molecule has 134 valence electrons. The first kappa shape index (κ1) is 18.0. The Bertz CT molecular complexity index is 907. The number of aromatic carboxylic acids is 1. The normalized spacial score (nSPS) is 10.7. The van der Waals surface area contributed by atoms with Crippen molar-refractivity contribution in [2.75, 3.05) is 7.11 Å². The number of carbonyl (C=O) groups is 1. The highest BCUT2D eigenvalue weighted by Crippen LogP contribution is 2.28. The van der Waals surface area contributed by atoms with Gasteiger partial charge >= 0.3 is 5.97 Å². The van der Waals surface area contributed by atoms with Crippen molar-refractivity contribution in [1.29, 1.82) is 0 Å². The summed E-state index contributed by atoms with van der Waals surface area (Å²) < 4.78 is 7.34. The number of aromatic nitrogens is 3. The summed E-state index contributed by atoms with van der Waals surface area (Å²) in [5, 5.41) is 18.5. The lowest BCUT2D eigenvalue weighted by atomic mass is 10.1. The van der Waals surface area contributed by atoms with Crippen LogP contribution in [0.25, 0.3) is 11.4 Å². The van der Waals surface area contributed by atoms with Crippen molar-refractivity contribution in [3.63, 3.8) is 0 Å². The zero-order valence-corrected chi connectivity index (χ0v) is 15.4. The first-order chi connectivity index (χ1) is 12.6. The Kier molecular flexibility index (Phi) is 5.58. The molecule has 0 spiro atoms. The fourth-order valence-corrected chi connectivity index (χ4v) is 3.51. The number of benzene rings is 2. The number of methoxy groups -OCH3 is 1. The molecular formula is C19H19N3O3S. The average Bonchev–Trinajstić information content (AvgIpc) is 3.09. The van der Waals surface area contributed by atoms with Crippen molar-refractivity contribution in [3.8, 4) is 17.1 Å². The zero-order valence-electron chi connectivity index (χ0n) is 14.5. The lowest BCUT2D eigenvalue weighted by molar-refractivity contribution is 0.0697. The molecule has 3 aromatic rings. The largest absolute Gasteiger partial charge is 0.497 e. The van der Waals surface area contributed by atoms with Crippen LogP contribution in [0.15, 0.2) is 53.7 Å². The van der Waals surface area contributed by atoms with Gasteiger partial charge < -0.3 is 14.4 Å². The molecule has 0 radical (unpaired) electrons. The minimum absolute atomic E-state index is 0.288. The van der Waals surface area contributed by atoms with Crippen LogP contribution in [-0.2, 0) is 12.3 Å². The van der Waals surface area contributed by atoms with Crippen molar-refractivity contribution in [1.82, 2.24) is 14.8 Å². The van der Waals surface area contributed by atoms with E-state index in [0.717, 1.165) is 34.4 Å². The summed E-state index contributed by atoms with van der Waals surface area (Å²) in [6, 6.07) is 14.6. The molecule has 7 heteroatoms. The Hall–Kier alpha value is -2.80. The van der Waals surface area contributed by atoms with Gasteiger partial charge in [0.15, 0.2) is 11.0 Å². The quantitative estimate of drug-likeness (QED) is 0.635. The predicted molar refractivity (Wildman–Crippen MR) is 101 cm³/mol. The third kappa shape index (κ3) is 3.88. The Balaban J connectivity index is 1.78. The molecule has 0 aliphatic rings. The fraction of sp³-hybridized carbons (Fsp3) is 0.211. The molecule has 0 bridgehead atoms. The summed E-state index contributed by atoms with van der Waals surface area (Å²) in [7, 11) is 1.64. The van der Waals surface area contributed by atoms with Gasteiger partial charge in [-0.1, -0.05) is 36.0 Å². The van der Waals surface area contributed by atoms with Gasteiger partial charge in [0.05, 0.1) is 12.7 Å². The Morgan fingerprint density at radius 3 is 2.62 bits per heavy atom. The number of thioether (sulfide) groups is 1. The maximum absolute atomic E-state index is 10.9. The SMILES string of the molecule is CCn1c(SCc2ccc(C(=O)O)cc2)nnc1-c1cccc(OC)c1. The van der Waals surface area contributed by atoms with Crippen molar-refractivity contribution >= 4 is 17.7 Å². The monoisotopic (exact) mass is 369 g/mol. The molecule has 0 aliphatic carbocycles. The highest BCUT2D eigenvalue weighted by molar-refractivity contribution is 7.98. The third-order valence-electron chi connectivity index (χ3n) is 3.93. The number of carboxylic acid groups (broad SMARTS) is 1. The van der Waals surface area contributed by atoms with Crippen molar-refractivity contribution in [2.45, 2.75) is 24.4 Å². The van der Waals surface area contributed by atoms with E-state index < -0.39 is 5.97 Å². The van der Waals surface area contributed by atoms with Gasteiger partial charge in [0.25, 0.3) is 0 Å². The molecule has 1 heterocycles. The van der Waals surface area contributed by atoms with Crippen molar-refractivity contribution in [3.05, 3.63) is 59.7 Å². The van der Waals surface area contributed by atoms with Crippen LogP contribution in [0.2, 0.25) is 0 Å². The molecule has 1 aromatic heterocycles. The standard InChI is InChI=1S/C19H19N3O3S/c1-3-22-17(15-5-4-6-16(11-15)25-2)20-21-19(22)26-12-13-7-9-14(10-8-13)18(23)24/h4-11H,3,12H2,1-2H3,(H,23,24). The summed E-state index contributed by atoms with van der Waals surface area (Å²) in [6.07, 6.45) is 0. The van der Waals surface area contributed by atoms with Crippen LogP contribution in [0.3, 0.4) is 0 Å². The van der Waals surface area contributed by atoms with E-state index in [9.17, 15) is 4.79 Å². The van der Waals surface area contributed by atoms with Crippen LogP contribution in [0, 0.1) is 0 Å². The van der Waals surface area contributed by atoms with Gasteiger partial charge in [-0.15, -0.1) is 10.2 Å². The summed E-state index contributed by atoms with van der Waals surface area (Å²) in [4.78, 5) is 10.9. The summed E-state index contributed by atoms with van der Waals surface area (Å²) in [5.41, 5.74) is 2.28. The molecule has 2 aromatic carbocycles. The number of hydrogen-bond acceptors (Lipinski definition) is 5. The molecule has 0 aliphatic heterocycles. The van der Waals surface area contributed by atoms with Crippen LogP contribution in [0.1, 0.15) is 22.8 Å². The predicted octanol–water partition coefficient (Wildman–Crippen LogP) is 3.96. The number of rotatable bonds is 7. The van der Waals surface area contributed by atoms with Gasteiger partial charge in [0, 0.05) is 17.9 Å². The van der Waals surface area contributed by atoms with E-state index in [0.29, 0.717) is 5.75 Å². The summed E-state index contributed by atoms with van der Waals surface area (Å²) in [6.45, 7) is 2.80. The van der Waals surface area contributed by atoms with Crippen LogP contribution >= 0.6 is 11.8 Å². The smallest absolute Gasteiger partial charge is 0.335 e. The van der Waals surface area contributed by atoms with E-state index in [2.05, 4.69) is 21.7 Å². The summed E-state index contributed by atoms with van der Waals surface area (Å²) in [5.74, 6) is 1.35. The minimum Gasteiger partial charge on any atom is -0.497 e. The van der Waals surface area contributed by atoms with Crippen molar-refractivity contribution < 1.29 is 14.6 Å². The Morgan fingerprint density at radius 1 is 1.19 bits per heavy atom. The zero-order chi connectivity index (χ0) is 18.5. The maximum atomic E-state index is 10.9. The van der Waals surface area contributed by atoms with Gasteiger partial charge in [0.2, 0.25) is 0 Å². The third-order valence-corrected chi connectivity index (χ3v) is 4.97. The second-order valence-electron chi connectivity index (χ2n) is 5.57. The van der Waals surface area contributed by atoms with Crippen LogP contribution < -0.4 is 4.74 Å². The molecule has 3 rings (SSSR count). The molecule has 0 atom stereocenters. The second-order valence-corrected chi connectivity index (χ2v) is 6.52. The van der Waals surface area contributed by atoms with Gasteiger partial charge in [-0.2, -0.15) is 0 Å². The molecule has 1 N–H and O–H groups in total. The number of hydrogen-bond donors (Lipinski definition) is 1. The molecule has 0 saturated heterocycles. The van der Waals surface area contributed by atoms with Gasteiger partial charge in [-0.3, -0.25) is 0 Å². The van der Waals surface area contributed by atoms with Crippen LogP contribution in [0.4, 0.5) is 0 Å². The minimum atomic E-state index is -0.919. The molecule has 26 heavy (non-hydrogen) atoms. The van der Waals surface area contributed by atoms with E-state index in [1.165, 1.54) is 0 Å². The topological polar surface area (TPSA) is 77.2 Å². The lowest BCUT2D eigenvalue weighted by Gasteiger charge is -2.08.